The second-order valence-corrected chi connectivity index (χ2v) is 9.31. The van der Waals surface area contributed by atoms with Gasteiger partial charge in [0.05, 0.1) is 34.6 Å². The molecule has 2 aliphatic rings. The zero-order valence-corrected chi connectivity index (χ0v) is 22.0. The summed E-state index contributed by atoms with van der Waals surface area (Å²) in [4.78, 5) is 15.5. The van der Waals surface area contributed by atoms with E-state index in [0.717, 1.165) is 18.4 Å². The first kappa shape index (κ1) is 29.3. The van der Waals surface area contributed by atoms with Crippen LogP contribution in [0.5, 0.6) is 0 Å². The molecule has 2 aromatic rings. The number of halogens is 2. The van der Waals surface area contributed by atoms with E-state index in [9.17, 15) is 13.6 Å². The van der Waals surface area contributed by atoms with E-state index < -0.39 is 17.0 Å². The zero-order valence-electron chi connectivity index (χ0n) is 22.0. The SMILES string of the molecule is C=C.C=CC.CCC[C@]1(C(=O)N2CC(OC(C)C)C2)CCCc2cc(-c3c(F)cccc3F)nnc21. The lowest BCUT2D eigenvalue weighted by Gasteiger charge is -2.46. The standard InChI is InChI=1S/C24H29F2N3O2.C3H6.C2H4/c1-4-10-24(23(30)29-13-17(14-29)31-15(2)3)11-6-7-16-12-20(27-28-22(16)24)21-18(25)8-5-9-19(21)26;1-3-2;1-2/h5,8-9,12,15,17H,4,6-7,10-11,13-14H2,1-3H3;3H,1H2,2H3;1-2H2/t24-;;/m0../s1. The molecule has 1 aliphatic heterocycles. The van der Waals surface area contributed by atoms with Gasteiger partial charge in [-0.2, -0.15) is 5.10 Å². The summed E-state index contributed by atoms with van der Waals surface area (Å²) in [5.41, 5.74) is 0.788. The van der Waals surface area contributed by atoms with E-state index in [-0.39, 0.29) is 29.4 Å². The molecule has 7 heteroatoms. The molecule has 5 nitrogen and oxygen atoms in total. The number of benzene rings is 1. The maximum atomic E-state index is 14.3. The number of carbonyl (C=O) groups excluding carboxylic acids is 1. The maximum Gasteiger partial charge on any atom is 0.235 e. The Morgan fingerprint density at radius 3 is 2.42 bits per heavy atom. The lowest BCUT2D eigenvalue weighted by Crippen LogP contribution is -2.61. The summed E-state index contributed by atoms with van der Waals surface area (Å²) in [5, 5.41) is 8.59. The third-order valence-corrected chi connectivity index (χ3v) is 6.28. The Morgan fingerprint density at radius 1 is 1.25 bits per heavy atom. The van der Waals surface area contributed by atoms with Gasteiger partial charge in [-0.3, -0.25) is 4.79 Å². The van der Waals surface area contributed by atoms with Crippen LogP contribution in [-0.4, -0.2) is 46.3 Å². The molecule has 1 aromatic carbocycles. The van der Waals surface area contributed by atoms with E-state index in [0.29, 0.717) is 38.0 Å². The molecule has 0 bridgehead atoms. The molecule has 0 radical (unpaired) electrons. The number of amides is 1. The van der Waals surface area contributed by atoms with Gasteiger partial charge in [0.15, 0.2) is 0 Å². The van der Waals surface area contributed by atoms with Crippen LogP contribution in [0, 0.1) is 11.6 Å². The van der Waals surface area contributed by atoms with Crippen LogP contribution >= 0.6 is 0 Å². The Kier molecular flexibility index (Phi) is 10.9. The monoisotopic (exact) mass is 499 g/mol. The molecule has 0 saturated carbocycles. The highest BCUT2D eigenvalue weighted by Crippen LogP contribution is 2.43. The maximum absolute atomic E-state index is 14.3. The minimum atomic E-state index is -0.732. The first-order valence-corrected chi connectivity index (χ1v) is 12.6. The number of ether oxygens (including phenoxy) is 1. The Labute approximate surface area is 214 Å². The van der Waals surface area contributed by atoms with Crippen LogP contribution < -0.4 is 0 Å². The Hall–Kier alpha value is -2.93. The van der Waals surface area contributed by atoms with E-state index in [4.69, 9.17) is 4.74 Å². The van der Waals surface area contributed by atoms with Crippen molar-refractivity contribution in [3.8, 4) is 11.3 Å². The summed E-state index contributed by atoms with van der Waals surface area (Å²) >= 11 is 0. The quantitative estimate of drug-likeness (QED) is 0.430. The number of nitrogens with zero attached hydrogens (tertiary/aromatic N) is 3. The molecule has 0 unspecified atom stereocenters. The van der Waals surface area contributed by atoms with Crippen molar-refractivity contribution in [3.05, 3.63) is 73.0 Å². The van der Waals surface area contributed by atoms with Gasteiger partial charge in [0.25, 0.3) is 0 Å². The first-order chi connectivity index (χ1) is 17.3. The second-order valence-electron chi connectivity index (χ2n) is 9.31. The van der Waals surface area contributed by atoms with Crippen molar-refractivity contribution in [3.63, 3.8) is 0 Å². The van der Waals surface area contributed by atoms with Crippen LogP contribution in [-0.2, 0) is 21.4 Å². The van der Waals surface area contributed by atoms with E-state index in [1.807, 2.05) is 25.7 Å². The molecule has 196 valence electrons. The average Bonchev–Trinajstić information content (AvgIpc) is 2.82. The summed E-state index contributed by atoms with van der Waals surface area (Å²) < 4.78 is 34.4. The number of likely N-dealkylation sites (tertiary alicyclic amines) is 1. The molecule has 2 heterocycles. The third-order valence-electron chi connectivity index (χ3n) is 6.28. The molecule has 1 aliphatic carbocycles. The summed E-state index contributed by atoms with van der Waals surface area (Å²) in [6.07, 6.45) is 5.70. The molecule has 1 aromatic heterocycles. The van der Waals surface area contributed by atoms with Crippen molar-refractivity contribution in [2.75, 3.05) is 13.1 Å². The topological polar surface area (TPSA) is 55.3 Å². The average molecular weight is 500 g/mol. The Balaban J connectivity index is 0.000000850. The van der Waals surface area contributed by atoms with Gasteiger partial charge in [0.2, 0.25) is 5.91 Å². The largest absolute Gasteiger partial charge is 0.372 e. The number of hydrogen-bond acceptors (Lipinski definition) is 4. The van der Waals surface area contributed by atoms with Crippen LogP contribution in [0.4, 0.5) is 8.78 Å². The molecule has 1 fully saturated rings. The van der Waals surface area contributed by atoms with Crippen molar-refractivity contribution in [2.45, 2.75) is 77.4 Å². The number of hydrogen-bond donors (Lipinski definition) is 0. The summed E-state index contributed by atoms with van der Waals surface area (Å²) in [5.74, 6) is -1.27. The number of rotatable bonds is 6. The van der Waals surface area contributed by atoms with Crippen LogP contribution in [0.2, 0.25) is 0 Å². The van der Waals surface area contributed by atoms with Crippen molar-refractivity contribution in [2.24, 2.45) is 0 Å². The van der Waals surface area contributed by atoms with Crippen molar-refractivity contribution < 1.29 is 18.3 Å². The van der Waals surface area contributed by atoms with Gasteiger partial charge in [0, 0.05) is 13.1 Å². The zero-order chi connectivity index (χ0) is 26.9. The fourth-order valence-electron chi connectivity index (χ4n) is 4.95. The summed E-state index contributed by atoms with van der Waals surface area (Å²) in [6.45, 7) is 18.5. The lowest BCUT2D eigenvalue weighted by atomic mass is 9.68. The fraction of sp³-hybridized carbons (Fsp3) is 0.483. The van der Waals surface area contributed by atoms with Gasteiger partial charge in [-0.15, -0.1) is 24.8 Å². The highest BCUT2D eigenvalue weighted by atomic mass is 19.1. The molecule has 1 saturated heterocycles. The first-order valence-electron chi connectivity index (χ1n) is 12.6. The van der Waals surface area contributed by atoms with Gasteiger partial charge < -0.3 is 9.64 Å². The van der Waals surface area contributed by atoms with Crippen molar-refractivity contribution in [1.82, 2.24) is 15.1 Å². The smallest absolute Gasteiger partial charge is 0.235 e. The molecular formula is C29H39F2N3O2. The lowest BCUT2D eigenvalue weighted by molar-refractivity contribution is -0.155. The highest BCUT2D eigenvalue weighted by molar-refractivity contribution is 5.89. The van der Waals surface area contributed by atoms with Gasteiger partial charge in [-0.25, -0.2) is 8.78 Å². The van der Waals surface area contributed by atoms with Crippen molar-refractivity contribution >= 4 is 5.91 Å². The summed E-state index contributed by atoms with van der Waals surface area (Å²) in [6, 6.07) is 5.46. The minimum absolute atomic E-state index is 0.0676. The number of aryl methyl sites for hydroxylation is 1. The fourth-order valence-corrected chi connectivity index (χ4v) is 4.95. The third kappa shape index (κ3) is 6.25. The predicted octanol–water partition coefficient (Wildman–Crippen LogP) is 6.43. The van der Waals surface area contributed by atoms with Crippen LogP contribution in [0.15, 0.2) is 50.1 Å². The number of allylic oxidation sites excluding steroid dienone is 1. The Morgan fingerprint density at radius 2 is 1.86 bits per heavy atom. The van der Waals surface area contributed by atoms with Crippen molar-refractivity contribution in [1.29, 1.82) is 0 Å². The van der Waals surface area contributed by atoms with E-state index in [2.05, 4.69) is 36.9 Å². The number of fused-ring (bicyclic) bond motifs is 1. The second kappa shape index (κ2) is 13.4. The van der Waals surface area contributed by atoms with Crippen LogP contribution in [0.1, 0.15) is 64.6 Å². The van der Waals surface area contributed by atoms with E-state index in [1.165, 1.54) is 18.2 Å². The van der Waals surface area contributed by atoms with Crippen LogP contribution in [0.25, 0.3) is 11.3 Å². The normalized spacial score (nSPS) is 18.7. The molecular weight excluding hydrogens is 460 g/mol. The Bertz CT molecular complexity index is 1020. The van der Waals surface area contributed by atoms with Gasteiger partial charge in [-0.05, 0) is 70.2 Å². The molecule has 1 amide bonds. The molecule has 0 N–H and O–H groups in total. The minimum Gasteiger partial charge on any atom is -0.372 e. The number of carbonyl (C=O) groups is 1. The van der Waals surface area contributed by atoms with Crippen LogP contribution in [0.3, 0.4) is 0 Å². The van der Waals surface area contributed by atoms with Gasteiger partial charge in [0.1, 0.15) is 11.6 Å². The molecule has 36 heavy (non-hydrogen) atoms. The van der Waals surface area contributed by atoms with Gasteiger partial charge >= 0.3 is 0 Å². The summed E-state index contributed by atoms with van der Waals surface area (Å²) in [7, 11) is 0. The number of aromatic nitrogens is 2. The molecule has 0 spiro atoms. The van der Waals surface area contributed by atoms with E-state index >= 15 is 0 Å². The molecule has 4 rings (SSSR count). The molecule has 1 atom stereocenters. The van der Waals surface area contributed by atoms with Gasteiger partial charge in [-0.1, -0.05) is 25.5 Å². The predicted molar refractivity (Wildman–Crippen MR) is 141 cm³/mol. The van der Waals surface area contributed by atoms with E-state index in [1.54, 1.807) is 12.1 Å². The highest BCUT2D eigenvalue weighted by Gasteiger charge is 2.49.